The van der Waals surface area contributed by atoms with Gasteiger partial charge in [0.25, 0.3) is 5.56 Å². The molecule has 1 aromatic carbocycles. The van der Waals surface area contributed by atoms with Crippen LogP contribution in [0.5, 0.6) is 5.75 Å². The predicted octanol–water partition coefficient (Wildman–Crippen LogP) is 2.53. The van der Waals surface area contributed by atoms with Gasteiger partial charge in [-0.05, 0) is 39.0 Å². The van der Waals surface area contributed by atoms with E-state index in [4.69, 9.17) is 4.74 Å². The van der Waals surface area contributed by atoms with Gasteiger partial charge in [0.15, 0.2) is 6.29 Å². The van der Waals surface area contributed by atoms with E-state index in [1.807, 2.05) is 45.0 Å². The van der Waals surface area contributed by atoms with Gasteiger partial charge in [0.1, 0.15) is 5.75 Å². The number of ether oxygens (including phenoxy) is 1. The lowest BCUT2D eigenvalue weighted by Gasteiger charge is -2.11. The second-order valence-corrected chi connectivity index (χ2v) is 4.92. The van der Waals surface area contributed by atoms with E-state index in [1.54, 1.807) is 0 Å². The average molecular weight is 286 g/mol. The molecule has 2 aromatic rings. The van der Waals surface area contributed by atoms with E-state index in [0.717, 1.165) is 11.3 Å². The standard InChI is InChI=1S/C16H18N2O3/c1-4-18-16(20)13(10-19)9-15(17-18)12-6-5-7-14(8-12)21-11(2)3/h5-11H,4H2,1-3H3. The first-order valence-corrected chi connectivity index (χ1v) is 6.89. The number of nitrogens with zero attached hydrogens (tertiary/aromatic N) is 2. The third-order valence-electron chi connectivity index (χ3n) is 2.93. The Bertz CT molecular complexity index is 705. The van der Waals surface area contributed by atoms with Crippen LogP contribution in [0.2, 0.25) is 0 Å². The Labute approximate surface area is 123 Å². The molecule has 0 spiro atoms. The summed E-state index contributed by atoms with van der Waals surface area (Å²) in [5, 5.41) is 4.28. The van der Waals surface area contributed by atoms with E-state index in [-0.39, 0.29) is 17.2 Å². The fraction of sp³-hybridized carbons (Fsp3) is 0.312. The van der Waals surface area contributed by atoms with Crippen LogP contribution in [0, 0.1) is 0 Å². The summed E-state index contributed by atoms with van der Waals surface area (Å²) in [6, 6.07) is 8.95. The van der Waals surface area contributed by atoms with Gasteiger partial charge in [-0.2, -0.15) is 5.10 Å². The fourth-order valence-electron chi connectivity index (χ4n) is 2.00. The Morgan fingerprint density at radius 3 is 2.71 bits per heavy atom. The van der Waals surface area contributed by atoms with Crippen molar-refractivity contribution in [3.05, 3.63) is 46.2 Å². The number of carbonyl (C=O) groups is 1. The van der Waals surface area contributed by atoms with Crippen LogP contribution >= 0.6 is 0 Å². The quantitative estimate of drug-likeness (QED) is 0.792. The number of rotatable bonds is 5. The van der Waals surface area contributed by atoms with Crippen LogP contribution < -0.4 is 10.3 Å². The van der Waals surface area contributed by atoms with Gasteiger partial charge >= 0.3 is 0 Å². The SMILES string of the molecule is CCn1nc(-c2cccc(OC(C)C)c2)cc(C=O)c1=O. The second kappa shape index (κ2) is 6.35. The zero-order chi connectivity index (χ0) is 15.4. The number of carbonyl (C=O) groups excluding carboxylic acids is 1. The summed E-state index contributed by atoms with van der Waals surface area (Å²) in [6.45, 7) is 6.13. The van der Waals surface area contributed by atoms with Gasteiger partial charge < -0.3 is 4.74 Å². The summed E-state index contributed by atoms with van der Waals surface area (Å²) < 4.78 is 6.93. The molecule has 0 atom stereocenters. The van der Waals surface area contributed by atoms with Gasteiger partial charge in [0, 0.05) is 12.1 Å². The van der Waals surface area contributed by atoms with Crippen LogP contribution in [0.15, 0.2) is 35.1 Å². The molecule has 5 nitrogen and oxygen atoms in total. The van der Waals surface area contributed by atoms with Crippen molar-refractivity contribution < 1.29 is 9.53 Å². The van der Waals surface area contributed by atoms with E-state index in [2.05, 4.69) is 5.10 Å². The molecule has 0 bridgehead atoms. The maximum absolute atomic E-state index is 11.9. The highest BCUT2D eigenvalue weighted by molar-refractivity contribution is 5.77. The number of benzene rings is 1. The molecule has 0 radical (unpaired) electrons. The Morgan fingerprint density at radius 1 is 1.33 bits per heavy atom. The number of aryl methyl sites for hydroxylation is 1. The van der Waals surface area contributed by atoms with Crippen LogP contribution in [0.3, 0.4) is 0 Å². The third kappa shape index (κ3) is 3.37. The smallest absolute Gasteiger partial charge is 0.277 e. The molecule has 0 saturated carbocycles. The van der Waals surface area contributed by atoms with Gasteiger partial charge in [0.05, 0.1) is 17.4 Å². The van der Waals surface area contributed by atoms with Gasteiger partial charge in [-0.15, -0.1) is 0 Å². The van der Waals surface area contributed by atoms with Crippen LogP contribution in [0.4, 0.5) is 0 Å². The minimum absolute atomic E-state index is 0.0725. The number of aldehydes is 1. The van der Waals surface area contributed by atoms with Gasteiger partial charge in [-0.1, -0.05) is 12.1 Å². The first kappa shape index (κ1) is 15.0. The van der Waals surface area contributed by atoms with Crippen LogP contribution in [0.25, 0.3) is 11.3 Å². The highest BCUT2D eigenvalue weighted by Crippen LogP contribution is 2.22. The lowest BCUT2D eigenvalue weighted by molar-refractivity contribution is 0.112. The van der Waals surface area contributed by atoms with E-state index in [9.17, 15) is 9.59 Å². The molecule has 0 aliphatic rings. The van der Waals surface area contributed by atoms with Crippen molar-refractivity contribution in [2.45, 2.75) is 33.4 Å². The number of aromatic nitrogens is 2. The molecule has 0 aliphatic carbocycles. The van der Waals surface area contributed by atoms with E-state index < -0.39 is 0 Å². The molecule has 1 heterocycles. The molecule has 0 N–H and O–H groups in total. The van der Waals surface area contributed by atoms with Crippen molar-refractivity contribution in [3.8, 4) is 17.0 Å². The summed E-state index contributed by atoms with van der Waals surface area (Å²) >= 11 is 0. The van der Waals surface area contributed by atoms with Crippen LogP contribution in [-0.4, -0.2) is 22.2 Å². The minimum atomic E-state index is -0.370. The Balaban J connectivity index is 2.51. The molecule has 0 saturated heterocycles. The Morgan fingerprint density at radius 2 is 2.10 bits per heavy atom. The number of hydrogen-bond acceptors (Lipinski definition) is 4. The molecular formula is C16H18N2O3. The van der Waals surface area contributed by atoms with Crippen molar-refractivity contribution in [2.24, 2.45) is 0 Å². The van der Waals surface area contributed by atoms with Crippen molar-refractivity contribution in [2.75, 3.05) is 0 Å². The zero-order valence-electron chi connectivity index (χ0n) is 12.4. The highest BCUT2D eigenvalue weighted by Gasteiger charge is 2.09. The number of hydrogen-bond donors (Lipinski definition) is 0. The first-order valence-electron chi connectivity index (χ1n) is 6.89. The summed E-state index contributed by atoms with van der Waals surface area (Å²) in [4.78, 5) is 22.9. The summed E-state index contributed by atoms with van der Waals surface area (Å²) in [5.74, 6) is 0.728. The molecule has 0 amide bonds. The summed E-state index contributed by atoms with van der Waals surface area (Å²) in [6.07, 6.45) is 0.636. The maximum Gasteiger partial charge on any atom is 0.277 e. The van der Waals surface area contributed by atoms with Gasteiger partial charge in [-0.3, -0.25) is 9.59 Å². The first-order chi connectivity index (χ1) is 10.0. The average Bonchev–Trinajstić information content (AvgIpc) is 2.47. The van der Waals surface area contributed by atoms with Crippen LogP contribution in [-0.2, 0) is 6.54 Å². The summed E-state index contributed by atoms with van der Waals surface area (Å²) in [7, 11) is 0. The van der Waals surface area contributed by atoms with E-state index in [1.165, 1.54) is 10.7 Å². The molecule has 5 heteroatoms. The highest BCUT2D eigenvalue weighted by atomic mass is 16.5. The molecule has 0 unspecified atom stereocenters. The van der Waals surface area contributed by atoms with E-state index in [0.29, 0.717) is 18.5 Å². The van der Waals surface area contributed by atoms with Crippen molar-refractivity contribution >= 4 is 6.29 Å². The topological polar surface area (TPSA) is 61.2 Å². The van der Waals surface area contributed by atoms with Crippen LogP contribution in [0.1, 0.15) is 31.1 Å². The minimum Gasteiger partial charge on any atom is -0.491 e. The maximum atomic E-state index is 11.9. The van der Waals surface area contributed by atoms with Crippen molar-refractivity contribution in [1.29, 1.82) is 0 Å². The second-order valence-electron chi connectivity index (χ2n) is 4.92. The fourth-order valence-corrected chi connectivity index (χ4v) is 2.00. The Kier molecular flexibility index (Phi) is 4.52. The largest absolute Gasteiger partial charge is 0.491 e. The lowest BCUT2D eigenvalue weighted by atomic mass is 10.1. The van der Waals surface area contributed by atoms with Crippen molar-refractivity contribution in [3.63, 3.8) is 0 Å². The Hall–Kier alpha value is -2.43. The zero-order valence-corrected chi connectivity index (χ0v) is 12.4. The van der Waals surface area contributed by atoms with Gasteiger partial charge in [0.2, 0.25) is 0 Å². The molecule has 1 aromatic heterocycles. The molecular weight excluding hydrogens is 268 g/mol. The molecule has 0 fully saturated rings. The molecule has 21 heavy (non-hydrogen) atoms. The molecule has 0 aliphatic heterocycles. The lowest BCUT2D eigenvalue weighted by Crippen LogP contribution is -2.25. The monoisotopic (exact) mass is 286 g/mol. The van der Waals surface area contributed by atoms with Crippen molar-refractivity contribution in [1.82, 2.24) is 9.78 Å². The summed E-state index contributed by atoms with van der Waals surface area (Å²) in [5.41, 5.74) is 1.12. The molecule has 2 rings (SSSR count). The molecule has 110 valence electrons. The predicted molar refractivity (Wildman–Crippen MR) is 80.8 cm³/mol. The van der Waals surface area contributed by atoms with E-state index >= 15 is 0 Å². The third-order valence-corrected chi connectivity index (χ3v) is 2.93. The van der Waals surface area contributed by atoms with Gasteiger partial charge in [-0.25, -0.2) is 4.68 Å². The normalized spacial score (nSPS) is 10.7.